The Morgan fingerprint density at radius 1 is 0.478 bits per heavy atom. The van der Waals surface area contributed by atoms with Gasteiger partial charge in [-0.05, 0) is 312 Å². The number of nitrogens with two attached hydrogens (primary N) is 5. The van der Waals surface area contributed by atoms with Gasteiger partial charge in [-0.15, -0.1) is 0 Å². The Labute approximate surface area is 919 Å². The minimum atomic E-state index is -0.658. The number of nitrogens with zero attached hydrogens (tertiary/aromatic N) is 10. The summed E-state index contributed by atoms with van der Waals surface area (Å²) in [6.07, 6.45) is 4.85. The topological polar surface area (TPSA) is 412 Å². The molecule has 3 aromatic heterocycles. The number of hydrogen-bond acceptors (Lipinski definition) is 29. The van der Waals surface area contributed by atoms with E-state index in [0.717, 1.165) is 81.9 Å². The van der Waals surface area contributed by atoms with Crippen LogP contribution in [0.5, 0.6) is 0 Å². The van der Waals surface area contributed by atoms with Crippen molar-refractivity contribution in [2.75, 3.05) is 187 Å². The maximum Gasteiger partial charge on any atom is 0.495 e. The van der Waals surface area contributed by atoms with Gasteiger partial charge in [0.25, 0.3) is 0 Å². The molecule has 0 spiro atoms. The molecule has 48 heteroatoms. The molecule has 31 nitrogen and oxygen atoms in total. The van der Waals surface area contributed by atoms with Crippen LogP contribution >= 0.6 is 161 Å². The van der Waals surface area contributed by atoms with Gasteiger partial charge in [-0.2, -0.15) is 8.86 Å². The summed E-state index contributed by atoms with van der Waals surface area (Å²) in [6.45, 7) is 36.5. The van der Waals surface area contributed by atoms with Crippen LogP contribution in [0.25, 0.3) is 22.3 Å². The van der Waals surface area contributed by atoms with Gasteiger partial charge in [-0.3, -0.25) is 14.9 Å². The number of likely N-dealkylation sites (N-methyl/N-ethyl adjacent to an activating group) is 5. The van der Waals surface area contributed by atoms with Gasteiger partial charge in [-0.25, -0.2) is 31.9 Å². The number of nitrogens with one attached hydrogen (secondary N) is 4. The largest absolute Gasteiger partial charge is 0.495 e. The van der Waals surface area contributed by atoms with E-state index in [9.17, 15) is 47.0 Å². The number of hydrogen-bond donors (Lipinski definition) is 10. The number of nitrogen functional groups attached to an aromatic ring is 4. The summed E-state index contributed by atoms with van der Waals surface area (Å²) >= 11 is 20.8. The second kappa shape index (κ2) is 65.1. The second-order valence-electron chi connectivity index (χ2n) is 34.6. The van der Waals surface area contributed by atoms with Gasteiger partial charge >= 0.3 is 32.6 Å². The van der Waals surface area contributed by atoms with Crippen LogP contribution in [0.2, 0.25) is 0 Å². The average Bonchev–Trinajstić information content (AvgIpc) is 1.59. The summed E-state index contributed by atoms with van der Waals surface area (Å²) in [5.41, 5.74) is 31.7. The number of aliphatic hydroxyl groups excluding tert-OH is 1. The van der Waals surface area contributed by atoms with E-state index < -0.39 is 59.6 Å². The summed E-state index contributed by atoms with van der Waals surface area (Å²) in [7, 11) is 19.4. The summed E-state index contributed by atoms with van der Waals surface area (Å²) in [5, 5.41) is 40.9. The average molecular weight is 2730 g/mol. The molecule has 3 saturated heterocycles. The number of halogens is 13. The SMILES string of the molecule is C.CC(I)(I)I.CC1(C)OB(B2OC(C)(C)C(C)(C)O2)OC1(C)C.CN(C)CCN.CN(C)CCNc1cc(F)cc(-c2ccnc(N)c2N)c1.CN(C)CCNc1cc(F)cc(-c2ccnc([N+](=O)[O-])c2N)c1.CN(C)CCNc1cc(F)cc(B2OC(C)(C)C(C)(C)O2)c1.CN(C)CCNc1cc(F)cc(Br)c1.CO.C[C-](I)I.Nc1nccc(Br)c1[N+](=O)[O-].O=Cc1cc(F)cc(Br)c1.[V]. The number of pyridine rings is 3. The van der Waals surface area contributed by atoms with E-state index in [2.05, 4.69) is 230 Å². The van der Waals surface area contributed by atoms with Crippen LogP contribution in [0.15, 0.2) is 141 Å². The number of alkyl halides is 3. The van der Waals surface area contributed by atoms with Crippen molar-refractivity contribution < 1.29 is 88.2 Å². The normalized spacial score (nSPS) is 14.5. The monoisotopic (exact) mass is 2730 g/mol. The molecule has 138 heavy (non-hydrogen) atoms. The van der Waals surface area contributed by atoms with Crippen LogP contribution in [-0.4, -0.2) is 258 Å². The first-order valence-electron chi connectivity index (χ1n) is 42.1. The van der Waals surface area contributed by atoms with Crippen molar-refractivity contribution in [2.24, 2.45) is 5.73 Å². The zero-order chi connectivity index (χ0) is 105. The van der Waals surface area contributed by atoms with Crippen molar-refractivity contribution >= 4 is 251 Å². The molecular formula is C90H136B3Br3F5I5N19O12V-. The molecular weight excluding hydrogens is 2590 g/mol. The fourth-order valence-corrected chi connectivity index (χ4v) is 12.4. The molecule has 8 aromatic rings. The molecule has 0 amide bonds. The summed E-state index contributed by atoms with van der Waals surface area (Å²) < 4.78 is 106. The van der Waals surface area contributed by atoms with Crippen molar-refractivity contribution in [3.8, 4) is 22.3 Å². The van der Waals surface area contributed by atoms with E-state index in [1.807, 2.05) is 177 Å². The molecule has 0 aliphatic carbocycles. The minimum Gasteiger partial charge on any atom is -0.405 e. The molecule has 3 fully saturated rings. The number of aliphatic hydroxyl groups is 1. The number of carbonyl (C=O) groups is 1. The first-order chi connectivity index (χ1) is 62.8. The standard InChI is InChI=1S/C16H26BFN2O2.C15H18FN5O2.C15H20FN5.C12H24B2O4.C10H14BrFN2.C7H4BrFO.C5H4BrN3O2.C4H12N2.C2H3I3.C2H3I2.CH4O.CH4.V/c1-15(2)16(3,4)22-17(21-15)12-9-13(18)11-14(10-12)19-7-8-20(5)6;1-20(2)6-5-18-12-8-10(7-11(16)9-12)13-3-4-19-15(14(13)17)21(22)23;1-21(2)6-5-19-12-8-10(7-11(16)9-12)13-3-4-20-15(18)14(13)17;1-9(2)10(3,4)16-13(15-9)14-17-11(5,6)12(7,8)18-14;1-14(2)4-3-13-10-6-8(11)5-9(12)7-10;8-6-1-5(4-10)2-7(9)3-6;6-3-1-2-8-5(7)4(3)9(10)11;1-6(2)4-3-5;1-2(3,4)5;1-2(3)4;1-2;;/h9-11,19H,7-8H2,1-6H3;3-4,7-9,18H,5-6,17H2,1-2H3;3-4,7-9,19H,5-6,17H2,1-2H3,(H2,18,20);1-8H3;5-7,13H,3-4H2,1-2H3;1-4H;1-2H,(H2,7,8);3-5H2,1-2H3;1H3;1H3;2H,1H3;1H4;/q;;;;;;;;;-1;;;. The zero-order valence-electron chi connectivity index (χ0n) is 82.2. The van der Waals surface area contributed by atoms with Gasteiger partial charge in [0.05, 0.1) is 44.2 Å². The molecule has 0 bridgehead atoms. The number of nitro groups is 2. The fraction of sp³-hybridized carbons (Fsp3) is 0.478. The molecule has 11 rings (SSSR count). The Balaban J connectivity index is 0. The van der Waals surface area contributed by atoms with E-state index in [1.165, 1.54) is 87.1 Å². The Morgan fingerprint density at radius 3 is 1.09 bits per heavy atom. The number of aldehydes is 1. The Bertz CT molecular complexity index is 4870. The number of carbonyl (C=O) groups excluding carboxylic acids is 1. The van der Waals surface area contributed by atoms with Gasteiger partial charge in [0.2, 0.25) is 5.82 Å². The third-order valence-corrected chi connectivity index (χ3v) is 21.4. The van der Waals surface area contributed by atoms with Crippen LogP contribution in [0.3, 0.4) is 0 Å². The van der Waals surface area contributed by atoms with Gasteiger partial charge in [-0.1, -0.05) is 107 Å². The number of benzene rings is 5. The van der Waals surface area contributed by atoms with Crippen LogP contribution in [0, 0.1) is 51.2 Å². The van der Waals surface area contributed by atoms with Crippen LogP contribution < -0.4 is 55.4 Å². The minimum absolute atomic E-state index is 0. The second-order valence-corrected chi connectivity index (χ2v) is 55.2. The first kappa shape index (κ1) is 135. The number of anilines is 8. The number of aromatic nitrogens is 3. The Morgan fingerprint density at radius 2 is 0.783 bits per heavy atom. The third-order valence-electron chi connectivity index (χ3n) is 19.9. The maximum atomic E-state index is 13.9. The Kier molecular flexibility index (Phi) is 63.9. The zero-order valence-corrected chi connectivity index (χ0v) is 99.1. The molecule has 15 N–H and O–H groups in total. The predicted molar refractivity (Wildman–Crippen MR) is 608 cm³/mol. The quantitative estimate of drug-likeness (QED) is 0.00371. The molecule has 0 saturated carbocycles. The van der Waals surface area contributed by atoms with E-state index in [0.29, 0.717) is 71.6 Å². The summed E-state index contributed by atoms with van der Waals surface area (Å²) in [4.78, 5) is 51.5. The van der Waals surface area contributed by atoms with Crippen LogP contribution in [-0.2, 0) is 46.5 Å². The number of rotatable bonds is 25. The van der Waals surface area contributed by atoms with E-state index >= 15 is 0 Å². The maximum absolute atomic E-state index is 13.9. The molecule has 0 unspecified atom stereocenters. The van der Waals surface area contributed by atoms with Crippen LogP contribution in [0.1, 0.15) is 115 Å². The predicted octanol–water partition coefficient (Wildman–Crippen LogP) is 20.1. The van der Waals surface area contributed by atoms with E-state index in [1.54, 1.807) is 24.4 Å². The van der Waals surface area contributed by atoms with E-state index in [-0.39, 0.29) is 88.8 Å². The molecule has 0 atom stereocenters. The molecule has 3 aliphatic rings. The van der Waals surface area contributed by atoms with Gasteiger partial charge < -0.3 is 163 Å². The van der Waals surface area contributed by atoms with Crippen LogP contribution in [0.4, 0.5) is 79.2 Å². The molecule has 5 aromatic carbocycles. The summed E-state index contributed by atoms with van der Waals surface area (Å²) in [5.74, 6) is -1.97. The first-order valence-corrected chi connectivity index (χ1v) is 49.9. The molecule has 769 valence electrons. The van der Waals surface area contributed by atoms with Crippen molar-refractivity contribution in [3.63, 3.8) is 0 Å². The summed E-state index contributed by atoms with van der Waals surface area (Å²) in [6, 6.07) is 27.5. The molecule has 1 radical (unpaired) electrons. The van der Waals surface area contributed by atoms with Crippen molar-refractivity contribution in [2.45, 2.75) is 137 Å². The Hall–Kier alpha value is -4.58. The molecule has 6 heterocycles. The third kappa shape index (κ3) is 52.0. The van der Waals surface area contributed by atoms with Gasteiger partial charge in [0.15, 0.2) is 0 Å². The fourth-order valence-electron chi connectivity index (χ4n) is 11.0. The molecule has 3 aliphatic heterocycles. The van der Waals surface area contributed by atoms with Crippen molar-refractivity contribution in [1.29, 1.82) is 0 Å². The van der Waals surface area contributed by atoms with E-state index in [4.69, 9.17) is 61.7 Å². The van der Waals surface area contributed by atoms with Crippen molar-refractivity contribution in [1.82, 2.24) is 39.5 Å². The smallest absolute Gasteiger partial charge is 0.405 e. The van der Waals surface area contributed by atoms with Gasteiger partial charge in [0.1, 0.15) is 57.0 Å². The van der Waals surface area contributed by atoms with Gasteiger partial charge in [0, 0.05) is 152 Å². The van der Waals surface area contributed by atoms with Crippen molar-refractivity contribution in [3.05, 3.63) is 198 Å².